The third kappa shape index (κ3) is 4.28. The molecule has 0 aliphatic rings. The molecule has 1 amide bonds. The molecule has 0 radical (unpaired) electrons. The van der Waals surface area contributed by atoms with Crippen molar-refractivity contribution in [2.45, 2.75) is 13.5 Å². The predicted octanol–water partition coefficient (Wildman–Crippen LogP) is 1.56. The quantitative estimate of drug-likeness (QED) is 0.787. The molecule has 0 aromatic heterocycles. The summed E-state index contributed by atoms with van der Waals surface area (Å²) < 4.78 is 0. The van der Waals surface area contributed by atoms with Crippen LogP contribution in [0.2, 0.25) is 0 Å². The molecule has 1 aromatic carbocycles. The van der Waals surface area contributed by atoms with Crippen molar-refractivity contribution in [3.05, 3.63) is 41.5 Å². The van der Waals surface area contributed by atoms with Crippen LogP contribution in [0.3, 0.4) is 0 Å². The summed E-state index contributed by atoms with van der Waals surface area (Å²) in [5.41, 5.74) is 2.44. The number of carbonyl (C=O) groups excluding carboxylic acids is 1. The van der Waals surface area contributed by atoms with Crippen LogP contribution in [0.5, 0.6) is 0 Å². The fourth-order valence-electron chi connectivity index (χ4n) is 1.44. The summed E-state index contributed by atoms with van der Waals surface area (Å²) in [5.74, 6) is -0.00633. The van der Waals surface area contributed by atoms with Crippen LogP contribution in [0, 0.1) is 0 Å². The van der Waals surface area contributed by atoms with Gasteiger partial charge in [0.1, 0.15) is 0 Å². The Bertz CT molecular complexity index is 372. The number of hydrogen-bond donors (Lipinski definition) is 2. The van der Waals surface area contributed by atoms with Gasteiger partial charge in [-0.15, -0.1) is 0 Å². The first-order valence-corrected chi connectivity index (χ1v) is 5.37. The van der Waals surface area contributed by atoms with Crippen LogP contribution in [0.4, 0.5) is 0 Å². The van der Waals surface area contributed by atoms with E-state index in [1.54, 1.807) is 0 Å². The molecule has 0 saturated carbocycles. The van der Waals surface area contributed by atoms with Gasteiger partial charge in [0.2, 0.25) is 5.91 Å². The minimum atomic E-state index is -0.00633. The molecule has 0 aliphatic carbocycles. The molecule has 0 saturated heterocycles. The zero-order valence-corrected chi connectivity index (χ0v) is 9.79. The molecule has 0 heterocycles. The van der Waals surface area contributed by atoms with E-state index >= 15 is 0 Å². The summed E-state index contributed by atoms with van der Waals surface area (Å²) in [7, 11) is 1.93. The van der Waals surface area contributed by atoms with E-state index in [0.717, 1.165) is 6.54 Å². The zero-order chi connectivity index (χ0) is 11.8. The normalized spacial score (nSPS) is 10.6. The summed E-state index contributed by atoms with van der Waals surface area (Å²) in [6.07, 6.45) is 3.98. The van der Waals surface area contributed by atoms with E-state index in [-0.39, 0.29) is 5.91 Å². The third-order valence-corrected chi connectivity index (χ3v) is 2.19. The van der Waals surface area contributed by atoms with E-state index in [9.17, 15) is 4.79 Å². The Hall–Kier alpha value is -1.61. The van der Waals surface area contributed by atoms with E-state index < -0.39 is 0 Å². The highest BCUT2D eigenvalue weighted by Crippen LogP contribution is 2.09. The van der Waals surface area contributed by atoms with Crippen molar-refractivity contribution in [1.82, 2.24) is 10.6 Å². The van der Waals surface area contributed by atoms with Gasteiger partial charge in [-0.05, 0) is 18.2 Å². The zero-order valence-electron chi connectivity index (χ0n) is 9.79. The number of amides is 1. The van der Waals surface area contributed by atoms with Gasteiger partial charge in [0.05, 0.1) is 0 Å². The molecule has 3 heteroatoms. The first kappa shape index (κ1) is 12.5. The molecule has 0 fully saturated rings. The minimum absolute atomic E-state index is 0.00633. The van der Waals surface area contributed by atoms with Crippen LogP contribution >= 0.6 is 0 Å². The lowest BCUT2D eigenvalue weighted by molar-refractivity contribution is -0.118. The van der Waals surface area contributed by atoms with Gasteiger partial charge in [0, 0.05) is 20.0 Å². The molecule has 0 spiro atoms. The third-order valence-electron chi connectivity index (χ3n) is 2.19. The molecule has 0 atom stereocenters. The maximum atomic E-state index is 10.7. The van der Waals surface area contributed by atoms with E-state index in [4.69, 9.17) is 0 Å². The second kappa shape index (κ2) is 6.80. The topological polar surface area (TPSA) is 41.1 Å². The van der Waals surface area contributed by atoms with Crippen molar-refractivity contribution in [3.8, 4) is 0 Å². The number of rotatable bonds is 5. The van der Waals surface area contributed by atoms with Crippen molar-refractivity contribution in [2.24, 2.45) is 0 Å². The summed E-state index contributed by atoms with van der Waals surface area (Å²) in [4.78, 5) is 10.7. The van der Waals surface area contributed by atoms with Crippen LogP contribution in [-0.4, -0.2) is 19.5 Å². The van der Waals surface area contributed by atoms with Crippen LogP contribution in [0.25, 0.3) is 6.08 Å². The molecule has 1 aromatic rings. The predicted molar refractivity (Wildman–Crippen MR) is 66.9 cm³/mol. The van der Waals surface area contributed by atoms with Crippen molar-refractivity contribution < 1.29 is 4.79 Å². The highest BCUT2D eigenvalue weighted by Gasteiger charge is 1.95. The van der Waals surface area contributed by atoms with Gasteiger partial charge in [-0.25, -0.2) is 0 Å². The summed E-state index contributed by atoms with van der Waals surface area (Å²) >= 11 is 0. The highest BCUT2D eigenvalue weighted by molar-refractivity contribution is 5.73. The lowest BCUT2D eigenvalue weighted by Crippen LogP contribution is -2.19. The van der Waals surface area contributed by atoms with E-state index in [2.05, 4.69) is 22.8 Å². The second-order valence-electron chi connectivity index (χ2n) is 3.57. The monoisotopic (exact) mass is 218 g/mol. The van der Waals surface area contributed by atoms with Gasteiger partial charge in [0.25, 0.3) is 0 Å². The van der Waals surface area contributed by atoms with Gasteiger partial charge in [0.15, 0.2) is 0 Å². The second-order valence-corrected chi connectivity index (χ2v) is 3.57. The van der Waals surface area contributed by atoms with Gasteiger partial charge in [-0.2, -0.15) is 0 Å². The molecule has 0 unspecified atom stereocenters. The Morgan fingerprint density at radius 1 is 1.38 bits per heavy atom. The van der Waals surface area contributed by atoms with Gasteiger partial charge in [-0.1, -0.05) is 36.4 Å². The highest BCUT2D eigenvalue weighted by atomic mass is 16.1. The molecule has 86 valence electrons. The minimum Gasteiger partial charge on any atom is -0.353 e. The molecule has 0 bridgehead atoms. The average molecular weight is 218 g/mol. The van der Waals surface area contributed by atoms with E-state index in [1.165, 1.54) is 18.1 Å². The fraction of sp³-hybridized carbons (Fsp3) is 0.308. The molecule has 3 nitrogen and oxygen atoms in total. The van der Waals surface area contributed by atoms with Crippen molar-refractivity contribution in [1.29, 1.82) is 0 Å². The summed E-state index contributed by atoms with van der Waals surface area (Å²) in [6.45, 7) is 2.94. The first-order chi connectivity index (χ1) is 7.74. The molecular weight excluding hydrogens is 200 g/mol. The number of benzene rings is 1. The van der Waals surface area contributed by atoms with Crippen LogP contribution in [0.1, 0.15) is 18.1 Å². The van der Waals surface area contributed by atoms with Gasteiger partial charge >= 0.3 is 0 Å². The standard InChI is InChI=1S/C13H18N2O/c1-11(16)15-9-5-8-12-6-3-4-7-13(12)10-14-2/h3-8,14H,9-10H2,1-2H3,(H,15,16). The molecule has 16 heavy (non-hydrogen) atoms. The van der Waals surface area contributed by atoms with E-state index in [1.807, 2.05) is 31.3 Å². The molecule has 0 aliphatic heterocycles. The molecule has 1 rings (SSSR count). The van der Waals surface area contributed by atoms with Gasteiger partial charge < -0.3 is 10.6 Å². The molecule has 2 N–H and O–H groups in total. The average Bonchev–Trinajstić information content (AvgIpc) is 2.26. The lowest BCUT2D eigenvalue weighted by atomic mass is 10.1. The van der Waals surface area contributed by atoms with Crippen molar-refractivity contribution in [3.63, 3.8) is 0 Å². The van der Waals surface area contributed by atoms with Crippen molar-refractivity contribution >= 4 is 12.0 Å². The maximum absolute atomic E-state index is 10.7. The summed E-state index contributed by atoms with van der Waals surface area (Å²) in [6, 6.07) is 8.20. The van der Waals surface area contributed by atoms with Crippen LogP contribution in [0.15, 0.2) is 30.3 Å². The number of hydrogen-bond acceptors (Lipinski definition) is 2. The smallest absolute Gasteiger partial charge is 0.217 e. The Labute approximate surface area is 96.6 Å². The Morgan fingerprint density at radius 2 is 2.12 bits per heavy atom. The largest absolute Gasteiger partial charge is 0.353 e. The van der Waals surface area contributed by atoms with Crippen LogP contribution in [-0.2, 0) is 11.3 Å². The molecular formula is C13H18N2O. The Morgan fingerprint density at radius 3 is 2.81 bits per heavy atom. The number of nitrogens with one attached hydrogen (secondary N) is 2. The Kier molecular flexibility index (Phi) is 5.29. The fourth-order valence-corrected chi connectivity index (χ4v) is 1.44. The number of carbonyl (C=O) groups is 1. The van der Waals surface area contributed by atoms with Gasteiger partial charge in [-0.3, -0.25) is 4.79 Å². The first-order valence-electron chi connectivity index (χ1n) is 5.37. The van der Waals surface area contributed by atoms with E-state index in [0.29, 0.717) is 6.54 Å². The van der Waals surface area contributed by atoms with Crippen molar-refractivity contribution in [2.75, 3.05) is 13.6 Å². The Balaban J connectivity index is 2.61. The van der Waals surface area contributed by atoms with Crippen LogP contribution < -0.4 is 10.6 Å². The summed E-state index contributed by atoms with van der Waals surface area (Å²) in [5, 5.41) is 5.86. The SMILES string of the molecule is CNCc1ccccc1C=CCNC(C)=O. The maximum Gasteiger partial charge on any atom is 0.217 e. The lowest BCUT2D eigenvalue weighted by Gasteiger charge is -2.04.